The molecule has 0 radical (unpaired) electrons. The van der Waals surface area contributed by atoms with Crippen LogP contribution in [0.15, 0.2) is 22.7 Å². The van der Waals surface area contributed by atoms with Gasteiger partial charge in [0.25, 0.3) is 0 Å². The summed E-state index contributed by atoms with van der Waals surface area (Å²) in [7, 11) is 0. The maximum Gasteiger partial charge on any atom is 0.137 e. The van der Waals surface area contributed by atoms with Crippen LogP contribution >= 0.6 is 27.5 Å². The summed E-state index contributed by atoms with van der Waals surface area (Å²) in [5, 5.41) is 0. The normalized spacial score (nSPS) is 10.9. The molecule has 0 saturated heterocycles. The second kappa shape index (κ2) is 8.78. The molecule has 0 aliphatic rings. The molecule has 0 N–H and O–H groups in total. The van der Waals surface area contributed by atoms with Crippen LogP contribution in [0.4, 0.5) is 0 Å². The minimum atomic E-state index is 0.447. The van der Waals surface area contributed by atoms with Crippen LogP contribution in [0.5, 0.6) is 5.75 Å². The highest BCUT2D eigenvalue weighted by Gasteiger charge is 2.06. The zero-order valence-electron chi connectivity index (χ0n) is 10.9. The number of alkyl halides is 1. The predicted molar refractivity (Wildman–Crippen MR) is 79.5 cm³/mol. The molecule has 0 saturated carbocycles. The van der Waals surface area contributed by atoms with Crippen LogP contribution in [-0.2, 0) is 10.6 Å². The van der Waals surface area contributed by atoms with Gasteiger partial charge in [0.05, 0.1) is 17.0 Å². The van der Waals surface area contributed by atoms with Crippen molar-refractivity contribution in [2.24, 2.45) is 5.92 Å². The van der Waals surface area contributed by atoms with Gasteiger partial charge in [-0.1, -0.05) is 26.0 Å². The lowest BCUT2D eigenvalue weighted by Crippen LogP contribution is -2.09. The van der Waals surface area contributed by atoms with Gasteiger partial charge in [-0.3, -0.25) is 0 Å². The first-order valence-electron chi connectivity index (χ1n) is 6.19. The first-order chi connectivity index (χ1) is 8.65. The van der Waals surface area contributed by atoms with Crippen LogP contribution < -0.4 is 4.74 Å². The average molecular weight is 336 g/mol. The first kappa shape index (κ1) is 15.8. The van der Waals surface area contributed by atoms with E-state index in [1.54, 1.807) is 0 Å². The minimum Gasteiger partial charge on any atom is -0.490 e. The van der Waals surface area contributed by atoms with E-state index in [9.17, 15) is 0 Å². The van der Waals surface area contributed by atoms with Gasteiger partial charge in [-0.2, -0.15) is 0 Å². The molecule has 0 amide bonds. The lowest BCUT2D eigenvalue weighted by molar-refractivity contribution is 0.0921. The molecule has 0 spiro atoms. The molecule has 0 atom stereocenters. The van der Waals surface area contributed by atoms with Crippen LogP contribution in [0, 0.1) is 5.92 Å². The van der Waals surface area contributed by atoms with E-state index in [-0.39, 0.29) is 0 Å². The summed E-state index contributed by atoms with van der Waals surface area (Å²) in [6.45, 7) is 6.32. The van der Waals surface area contributed by atoms with Gasteiger partial charge in [0.1, 0.15) is 12.4 Å². The van der Waals surface area contributed by atoms with Crippen molar-refractivity contribution >= 4 is 27.5 Å². The monoisotopic (exact) mass is 334 g/mol. The predicted octanol–water partition coefficient (Wildman–Crippen LogP) is 4.63. The molecule has 0 heterocycles. The summed E-state index contributed by atoms with van der Waals surface area (Å²) in [6, 6.07) is 5.87. The Morgan fingerprint density at radius 1 is 1.22 bits per heavy atom. The molecule has 2 nitrogen and oxygen atoms in total. The molecule has 1 rings (SSSR count). The maximum atomic E-state index is 5.87. The van der Waals surface area contributed by atoms with E-state index < -0.39 is 0 Å². The molecule has 0 aliphatic carbocycles. The third-order valence-corrected chi connectivity index (χ3v) is 3.42. The van der Waals surface area contributed by atoms with Crippen molar-refractivity contribution in [1.29, 1.82) is 0 Å². The quantitative estimate of drug-likeness (QED) is 0.509. The zero-order chi connectivity index (χ0) is 13.4. The van der Waals surface area contributed by atoms with Gasteiger partial charge in [-0.15, -0.1) is 11.6 Å². The second-order valence-electron chi connectivity index (χ2n) is 4.51. The highest BCUT2D eigenvalue weighted by Crippen LogP contribution is 2.30. The van der Waals surface area contributed by atoms with E-state index in [1.165, 1.54) is 0 Å². The van der Waals surface area contributed by atoms with Crippen LogP contribution in [0.25, 0.3) is 0 Å². The lowest BCUT2D eigenvalue weighted by atomic mass is 10.1. The number of halogens is 2. The van der Waals surface area contributed by atoms with E-state index >= 15 is 0 Å². The molecular weight excluding hydrogens is 316 g/mol. The van der Waals surface area contributed by atoms with Crippen LogP contribution in [0.2, 0.25) is 0 Å². The number of para-hydroxylation sites is 1. The summed E-state index contributed by atoms with van der Waals surface area (Å²) in [6.07, 6.45) is 1.09. The van der Waals surface area contributed by atoms with E-state index in [2.05, 4.69) is 29.8 Å². The molecule has 18 heavy (non-hydrogen) atoms. The summed E-state index contributed by atoms with van der Waals surface area (Å²) >= 11 is 9.33. The van der Waals surface area contributed by atoms with Gasteiger partial charge in [0.15, 0.2) is 0 Å². The molecule has 1 aromatic carbocycles. The molecule has 4 heteroatoms. The van der Waals surface area contributed by atoms with E-state index in [0.717, 1.165) is 28.8 Å². The lowest BCUT2D eigenvalue weighted by Gasteiger charge is -2.12. The van der Waals surface area contributed by atoms with E-state index in [1.807, 2.05) is 18.2 Å². The molecular formula is C14H20BrClO2. The van der Waals surface area contributed by atoms with Crippen molar-refractivity contribution in [1.82, 2.24) is 0 Å². The molecule has 0 bridgehead atoms. The highest BCUT2D eigenvalue weighted by molar-refractivity contribution is 9.10. The fraction of sp³-hybridized carbons (Fsp3) is 0.571. The van der Waals surface area contributed by atoms with Crippen LogP contribution in [-0.4, -0.2) is 19.8 Å². The van der Waals surface area contributed by atoms with Gasteiger partial charge in [-0.05, 0) is 34.3 Å². The van der Waals surface area contributed by atoms with Gasteiger partial charge in [-0.25, -0.2) is 0 Å². The number of benzene rings is 1. The van der Waals surface area contributed by atoms with Crippen molar-refractivity contribution < 1.29 is 9.47 Å². The third-order valence-electron chi connectivity index (χ3n) is 2.51. The van der Waals surface area contributed by atoms with Gasteiger partial charge >= 0.3 is 0 Å². The smallest absolute Gasteiger partial charge is 0.137 e. The first-order valence-corrected chi connectivity index (χ1v) is 7.51. The number of hydrogen-bond acceptors (Lipinski definition) is 2. The van der Waals surface area contributed by atoms with Gasteiger partial charge in [0, 0.05) is 12.2 Å². The summed E-state index contributed by atoms with van der Waals surface area (Å²) in [4.78, 5) is 0. The molecule has 0 aromatic heterocycles. The van der Waals surface area contributed by atoms with Crippen molar-refractivity contribution in [3.05, 3.63) is 28.2 Å². The minimum absolute atomic E-state index is 0.447. The Balaban J connectivity index is 2.31. The Hall–Kier alpha value is -0.250. The summed E-state index contributed by atoms with van der Waals surface area (Å²) < 4.78 is 12.1. The molecule has 102 valence electrons. The van der Waals surface area contributed by atoms with Crippen molar-refractivity contribution in [3.63, 3.8) is 0 Å². The molecule has 0 fully saturated rings. The number of ether oxygens (including phenoxy) is 2. The molecule has 0 aliphatic heterocycles. The van der Waals surface area contributed by atoms with Crippen molar-refractivity contribution in [2.75, 3.05) is 19.8 Å². The number of rotatable bonds is 8. The largest absolute Gasteiger partial charge is 0.490 e. The summed E-state index contributed by atoms with van der Waals surface area (Å²) in [5.74, 6) is 1.94. The summed E-state index contributed by atoms with van der Waals surface area (Å²) in [5.41, 5.74) is 0.994. The topological polar surface area (TPSA) is 18.5 Å². The Kier molecular flexibility index (Phi) is 7.71. The SMILES string of the molecule is CC(C)CCOCCOc1c(Br)cccc1CCl. The Morgan fingerprint density at radius 2 is 2.00 bits per heavy atom. The van der Waals surface area contributed by atoms with Crippen molar-refractivity contribution in [3.8, 4) is 5.75 Å². The molecule has 1 aromatic rings. The molecule has 0 unspecified atom stereocenters. The fourth-order valence-electron chi connectivity index (χ4n) is 1.44. The van der Waals surface area contributed by atoms with Gasteiger partial charge < -0.3 is 9.47 Å². The third kappa shape index (κ3) is 5.59. The van der Waals surface area contributed by atoms with Crippen molar-refractivity contribution in [2.45, 2.75) is 26.1 Å². The average Bonchev–Trinajstić information content (AvgIpc) is 2.34. The Bertz CT molecular complexity index is 356. The standard InChI is InChI=1S/C14H20BrClO2/c1-11(2)6-7-17-8-9-18-14-12(10-16)4-3-5-13(14)15/h3-5,11H,6-10H2,1-2H3. The van der Waals surface area contributed by atoms with E-state index in [4.69, 9.17) is 21.1 Å². The number of hydrogen-bond donors (Lipinski definition) is 0. The van der Waals surface area contributed by atoms with Crippen LogP contribution in [0.3, 0.4) is 0 Å². The highest BCUT2D eigenvalue weighted by atomic mass is 79.9. The Labute approximate surface area is 123 Å². The van der Waals surface area contributed by atoms with E-state index in [0.29, 0.717) is 25.0 Å². The zero-order valence-corrected chi connectivity index (χ0v) is 13.3. The Morgan fingerprint density at radius 3 is 2.67 bits per heavy atom. The fourth-order valence-corrected chi connectivity index (χ4v) is 2.18. The van der Waals surface area contributed by atoms with Crippen LogP contribution in [0.1, 0.15) is 25.8 Å². The second-order valence-corrected chi connectivity index (χ2v) is 5.63. The van der Waals surface area contributed by atoms with Gasteiger partial charge in [0.2, 0.25) is 0 Å². The maximum absolute atomic E-state index is 5.87.